The molecular weight excluding hydrogens is 280 g/mol. The molecule has 0 radical (unpaired) electrons. The maximum absolute atomic E-state index is 11.7. The number of β-lactam (4-membered cyclic amide) rings is 1. The summed E-state index contributed by atoms with van der Waals surface area (Å²) in [5, 5.41) is 20.5. The lowest BCUT2D eigenvalue weighted by Gasteiger charge is -2.49. The number of hydrogen-bond donors (Lipinski definition) is 1. The van der Waals surface area contributed by atoms with Crippen LogP contribution in [0.1, 0.15) is 12.8 Å². The molecule has 3 heterocycles. The van der Waals surface area contributed by atoms with Gasteiger partial charge in [-0.2, -0.15) is 0 Å². The van der Waals surface area contributed by atoms with Crippen molar-refractivity contribution in [1.29, 1.82) is 0 Å². The van der Waals surface area contributed by atoms with Crippen molar-refractivity contribution >= 4 is 23.6 Å². The van der Waals surface area contributed by atoms with Crippen LogP contribution in [0.3, 0.4) is 0 Å². The van der Waals surface area contributed by atoms with Gasteiger partial charge in [-0.05, 0) is 0 Å². The summed E-state index contributed by atoms with van der Waals surface area (Å²) < 4.78 is 0.821. The second kappa shape index (κ2) is 4.75. The number of aliphatic hydroxyl groups is 1. The summed E-state index contributed by atoms with van der Waals surface area (Å²) >= 11 is 1.43. The molecule has 2 atom stereocenters. The molecule has 0 aromatic rings. The van der Waals surface area contributed by atoms with E-state index in [0.717, 1.165) is 36.0 Å². The van der Waals surface area contributed by atoms with Crippen molar-refractivity contribution in [2.24, 2.45) is 0 Å². The molecule has 2 saturated heterocycles. The Bertz CT molecular complexity index is 499. The molecule has 110 valence electrons. The summed E-state index contributed by atoms with van der Waals surface area (Å²) in [6.07, 6.45) is 1.23. The smallest absolute Gasteiger partial charge is 0.260 e. The van der Waals surface area contributed by atoms with E-state index in [4.69, 9.17) is 0 Å². The molecule has 2 fully saturated rings. The van der Waals surface area contributed by atoms with Gasteiger partial charge >= 0.3 is 0 Å². The summed E-state index contributed by atoms with van der Waals surface area (Å²) in [7, 11) is 2.12. The van der Waals surface area contributed by atoms with Crippen LogP contribution in [-0.2, 0) is 9.59 Å². The number of carboxylic acids is 1. The van der Waals surface area contributed by atoms with E-state index in [9.17, 15) is 19.8 Å². The van der Waals surface area contributed by atoms with E-state index < -0.39 is 23.4 Å². The molecular formula is C13H18N2O4S. The normalized spacial score (nSPS) is 32.1. The Morgan fingerprint density at radius 3 is 2.75 bits per heavy atom. The van der Waals surface area contributed by atoms with Crippen LogP contribution in [0.5, 0.6) is 0 Å². The number of likely N-dealkylation sites (tertiary alicyclic amines) is 1. The van der Waals surface area contributed by atoms with E-state index >= 15 is 0 Å². The molecule has 20 heavy (non-hydrogen) atoms. The zero-order chi connectivity index (χ0) is 14.5. The van der Waals surface area contributed by atoms with Crippen LogP contribution in [0.15, 0.2) is 11.3 Å². The van der Waals surface area contributed by atoms with Crippen LogP contribution in [-0.4, -0.2) is 70.3 Å². The SMILES string of the molecule is C[N+]1(CC2=C(C(=O)[O-])N3C(=O)C(O)[C@H]3SC2)CCCC1. The minimum absolute atomic E-state index is 0.00435. The van der Waals surface area contributed by atoms with Gasteiger partial charge in [-0.1, -0.05) is 0 Å². The predicted octanol–water partition coefficient (Wildman–Crippen LogP) is -1.49. The minimum Gasteiger partial charge on any atom is -0.543 e. The van der Waals surface area contributed by atoms with E-state index in [1.54, 1.807) is 0 Å². The van der Waals surface area contributed by atoms with Crippen LogP contribution in [0.25, 0.3) is 0 Å². The second-order valence-corrected chi connectivity index (χ2v) is 7.13. The molecule has 0 saturated carbocycles. The Morgan fingerprint density at radius 1 is 1.50 bits per heavy atom. The van der Waals surface area contributed by atoms with Crippen molar-refractivity contribution in [2.75, 3.05) is 32.4 Å². The molecule has 1 amide bonds. The molecule has 3 aliphatic heterocycles. The Hall–Kier alpha value is -1.05. The Balaban J connectivity index is 1.90. The molecule has 0 aliphatic carbocycles. The zero-order valence-electron chi connectivity index (χ0n) is 11.4. The first-order valence-electron chi connectivity index (χ1n) is 6.83. The third-order valence-electron chi connectivity index (χ3n) is 4.43. The average Bonchev–Trinajstić information content (AvgIpc) is 2.83. The quantitative estimate of drug-likeness (QED) is 0.507. The average molecular weight is 298 g/mol. The molecule has 3 rings (SSSR count). The molecule has 7 heteroatoms. The Kier molecular flexibility index (Phi) is 3.30. The number of carboxylic acid groups (broad SMARTS) is 1. The second-order valence-electron chi connectivity index (χ2n) is 6.03. The topological polar surface area (TPSA) is 80.7 Å². The number of nitrogens with zero attached hydrogens (tertiary/aromatic N) is 2. The highest BCUT2D eigenvalue weighted by Crippen LogP contribution is 2.40. The molecule has 1 unspecified atom stereocenters. The third-order valence-corrected chi connectivity index (χ3v) is 5.76. The van der Waals surface area contributed by atoms with Crippen LogP contribution in [0.2, 0.25) is 0 Å². The molecule has 0 aromatic heterocycles. The van der Waals surface area contributed by atoms with E-state index in [-0.39, 0.29) is 5.70 Å². The fraction of sp³-hybridized carbons (Fsp3) is 0.692. The fourth-order valence-corrected chi connectivity index (χ4v) is 4.61. The highest BCUT2D eigenvalue weighted by molar-refractivity contribution is 8.00. The van der Waals surface area contributed by atoms with E-state index in [2.05, 4.69) is 7.05 Å². The van der Waals surface area contributed by atoms with Crippen LogP contribution < -0.4 is 5.11 Å². The molecule has 6 nitrogen and oxygen atoms in total. The van der Waals surface area contributed by atoms with Crippen LogP contribution in [0.4, 0.5) is 0 Å². The van der Waals surface area contributed by atoms with Gasteiger partial charge in [-0.15, -0.1) is 11.8 Å². The van der Waals surface area contributed by atoms with Gasteiger partial charge in [0.25, 0.3) is 5.91 Å². The van der Waals surface area contributed by atoms with Crippen molar-refractivity contribution in [3.05, 3.63) is 11.3 Å². The lowest BCUT2D eigenvalue weighted by molar-refractivity contribution is -0.893. The Labute approximate surface area is 121 Å². The van der Waals surface area contributed by atoms with Gasteiger partial charge in [0.15, 0.2) is 6.10 Å². The van der Waals surface area contributed by atoms with Gasteiger partial charge in [0, 0.05) is 24.2 Å². The van der Waals surface area contributed by atoms with Crippen molar-refractivity contribution in [1.82, 2.24) is 4.90 Å². The number of quaternary nitrogens is 1. The first-order valence-corrected chi connectivity index (χ1v) is 7.87. The summed E-state index contributed by atoms with van der Waals surface area (Å²) in [6.45, 7) is 2.71. The first-order chi connectivity index (χ1) is 9.43. The number of carbonyl (C=O) groups is 2. The van der Waals surface area contributed by atoms with E-state index in [1.165, 1.54) is 16.7 Å². The summed E-state index contributed by atoms with van der Waals surface area (Å²) in [5.74, 6) is -1.29. The standard InChI is InChI=1S/C13H18N2O4S/c1-15(4-2-3-5-15)6-8-7-20-12-10(16)11(17)14(12)9(8)13(18)19/h10,12,16H,2-7H2,1H3/t10?,12-/m1/s1. The maximum atomic E-state index is 11.7. The molecule has 1 N–H and O–H groups in total. The first kappa shape index (κ1) is 13.9. The number of likely N-dealkylation sites (N-methyl/N-ethyl adjacent to an activating group) is 1. The zero-order valence-corrected chi connectivity index (χ0v) is 12.2. The third kappa shape index (κ3) is 2.04. The van der Waals surface area contributed by atoms with Crippen LogP contribution in [0, 0.1) is 0 Å². The Morgan fingerprint density at radius 2 is 2.15 bits per heavy atom. The number of rotatable bonds is 3. The minimum atomic E-state index is -1.31. The number of amides is 1. The van der Waals surface area contributed by atoms with Crippen molar-refractivity contribution in [2.45, 2.75) is 24.3 Å². The van der Waals surface area contributed by atoms with Gasteiger partial charge in [-0.3, -0.25) is 9.69 Å². The maximum Gasteiger partial charge on any atom is 0.260 e. The molecule has 0 spiro atoms. The highest BCUT2D eigenvalue weighted by Gasteiger charge is 2.52. The molecule has 3 aliphatic rings. The predicted molar refractivity (Wildman–Crippen MR) is 71.2 cm³/mol. The summed E-state index contributed by atoms with van der Waals surface area (Å²) in [6, 6.07) is 0. The van der Waals surface area contributed by atoms with Crippen LogP contribution >= 0.6 is 11.8 Å². The van der Waals surface area contributed by atoms with Gasteiger partial charge in [0.1, 0.15) is 11.9 Å². The van der Waals surface area contributed by atoms with Gasteiger partial charge in [0.2, 0.25) is 0 Å². The lowest BCUT2D eigenvalue weighted by atomic mass is 10.0. The number of carbonyl (C=O) groups excluding carboxylic acids is 2. The van der Waals surface area contributed by atoms with Crippen molar-refractivity contribution in [3.8, 4) is 0 Å². The molecule has 0 bridgehead atoms. The van der Waals surface area contributed by atoms with Gasteiger partial charge in [0.05, 0.1) is 31.8 Å². The number of thioether (sulfide) groups is 1. The number of aliphatic carboxylic acids is 1. The monoisotopic (exact) mass is 298 g/mol. The lowest BCUT2D eigenvalue weighted by Crippen LogP contribution is -2.66. The number of fused-ring (bicyclic) bond motifs is 1. The number of hydrogen-bond acceptors (Lipinski definition) is 5. The van der Waals surface area contributed by atoms with E-state index in [0.29, 0.717) is 12.3 Å². The van der Waals surface area contributed by atoms with Crippen molar-refractivity contribution in [3.63, 3.8) is 0 Å². The van der Waals surface area contributed by atoms with E-state index in [1.807, 2.05) is 0 Å². The fourth-order valence-electron chi connectivity index (χ4n) is 3.36. The van der Waals surface area contributed by atoms with Gasteiger partial charge < -0.3 is 19.5 Å². The highest BCUT2D eigenvalue weighted by atomic mass is 32.2. The summed E-state index contributed by atoms with van der Waals surface area (Å²) in [4.78, 5) is 24.3. The number of aliphatic hydroxyl groups excluding tert-OH is 1. The van der Waals surface area contributed by atoms with Gasteiger partial charge in [-0.25, -0.2) is 0 Å². The van der Waals surface area contributed by atoms with Crippen molar-refractivity contribution < 1.29 is 24.3 Å². The summed E-state index contributed by atoms with van der Waals surface area (Å²) in [5.41, 5.74) is 0.756. The molecule has 0 aromatic carbocycles. The largest absolute Gasteiger partial charge is 0.543 e.